The maximum Gasteiger partial charge on any atom is 0.408 e. The van der Waals surface area contributed by atoms with Crippen LogP contribution in [0.25, 0.3) is 0 Å². The Hall–Kier alpha value is -1.91. The Kier molecular flexibility index (Phi) is 4.42. The number of aldehydes is 1. The van der Waals surface area contributed by atoms with Crippen LogP contribution in [0.3, 0.4) is 0 Å². The Morgan fingerprint density at radius 1 is 1.50 bits per heavy atom. The van der Waals surface area contributed by atoms with Crippen LogP contribution in [0.4, 0.5) is 4.79 Å². The third kappa shape index (κ3) is 4.16. The number of pyridine rings is 1. The van der Waals surface area contributed by atoms with Crippen molar-refractivity contribution < 1.29 is 14.3 Å². The number of nitrogens with zero attached hydrogens (tertiary/aromatic N) is 1. The summed E-state index contributed by atoms with van der Waals surface area (Å²) in [6.45, 7) is 7.10. The molecule has 1 amide bonds. The van der Waals surface area contributed by atoms with Crippen LogP contribution >= 0.6 is 0 Å². The van der Waals surface area contributed by atoms with Gasteiger partial charge >= 0.3 is 6.09 Å². The minimum atomic E-state index is -0.791. The predicted molar refractivity (Wildman–Crippen MR) is 67.1 cm³/mol. The van der Waals surface area contributed by atoms with Gasteiger partial charge in [0, 0.05) is 6.20 Å². The molecule has 1 rings (SSSR count). The molecule has 0 radical (unpaired) electrons. The Bertz CT molecular complexity index is 438. The molecule has 98 valence electrons. The number of carbonyl (C=O) groups excluding carboxylic acids is 2. The van der Waals surface area contributed by atoms with Crippen LogP contribution in [-0.2, 0) is 9.53 Å². The third-order valence-electron chi connectivity index (χ3n) is 2.15. The van der Waals surface area contributed by atoms with Gasteiger partial charge in [-0.3, -0.25) is 4.98 Å². The Morgan fingerprint density at radius 3 is 2.67 bits per heavy atom. The molecule has 0 bridgehead atoms. The number of aryl methyl sites for hydroxylation is 1. The molecule has 18 heavy (non-hydrogen) atoms. The van der Waals surface area contributed by atoms with E-state index >= 15 is 0 Å². The third-order valence-corrected chi connectivity index (χ3v) is 2.15. The van der Waals surface area contributed by atoms with E-state index in [2.05, 4.69) is 10.3 Å². The standard InChI is InChI=1S/C13H18N2O3/c1-9-6-5-7-14-11(9)10(8-16)15-12(17)18-13(2,3)4/h5-8,10H,1-4H3,(H,15,17). The quantitative estimate of drug-likeness (QED) is 0.835. The summed E-state index contributed by atoms with van der Waals surface area (Å²) >= 11 is 0. The zero-order chi connectivity index (χ0) is 13.8. The van der Waals surface area contributed by atoms with E-state index in [1.54, 1.807) is 33.0 Å². The lowest BCUT2D eigenvalue weighted by Gasteiger charge is -2.21. The summed E-state index contributed by atoms with van der Waals surface area (Å²) in [6.07, 6.45) is 1.58. The van der Waals surface area contributed by atoms with E-state index in [-0.39, 0.29) is 0 Å². The molecule has 0 aromatic carbocycles. The normalized spacial score (nSPS) is 12.7. The molecule has 1 N–H and O–H groups in total. The summed E-state index contributed by atoms with van der Waals surface area (Å²) in [5, 5.41) is 2.49. The maximum atomic E-state index is 11.6. The Labute approximate surface area is 107 Å². The largest absolute Gasteiger partial charge is 0.444 e. The summed E-state index contributed by atoms with van der Waals surface area (Å²) < 4.78 is 5.09. The molecule has 5 heteroatoms. The maximum absolute atomic E-state index is 11.6. The van der Waals surface area contributed by atoms with Crippen molar-refractivity contribution in [1.29, 1.82) is 0 Å². The van der Waals surface area contributed by atoms with E-state index in [1.807, 2.05) is 13.0 Å². The Balaban J connectivity index is 2.78. The van der Waals surface area contributed by atoms with Gasteiger partial charge in [-0.15, -0.1) is 0 Å². The average Bonchev–Trinajstić information content (AvgIpc) is 2.24. The van der Waals surface area contributed by atoms with Crippen LogP contribution in [0.2, 0.25) is 0 Å². The van der Waals surface area contributed by atoms with Crippen LogP contribution in [0, 0.1) is 6.92 Å². The molecule has 0 aliphatic heterocycles. The molecule has 1 unspecified atom stereocenters. The monoisotopic (exact) mass is 250 g/mol. The zero-order valence-electron chi connectivity index (χ0n) is 11.1. The lowest BCUT2D eigenvalue weighted by molar-refractivity contribution is -0.109. The molecule has 0 spiro atoms. The van der Waals surface area contributed by atoms with Gasteiger partial charge in [0.1, 0.15) is 17.9 Å². The van der Waals surface area contributed by atoms with E-state index in [1.165, 1.54) is 0 Å². The number of carbonyl (C=O) groups is 2. The van der Waals surface area contributed by atoms with Crippen molar-refractivity contribution in [3.8, 4) is 0 Å². The van der Waals surface area contributed by atoms with Crippen LogP contribution in [0.15, 0.2) is 18.3 Å². The number of nitrogens with one attached hydrogen (secondary N) is 1. The van der Waals surface area contributed by atoms with Crippen molar-refractivity contribution in [3.63, 3.8) is 0 Å². The first kappa shape index (κ1) is 14.2. The first-order valence-corrected chi connectivity index (χ1v) is 5.70. The van der Waals surface area contributed by atoms with Crippen LogP contribution in [0.5, 0.6) is 0 Å². The molecule has 0 aliphatic rings. The van der Waals surface area contributed by atoms with Gasteiger partial charge in [0.15, 0.2) is 0 Å². The molecule has 1 aromatic heterocycles. The van der Waals surface area contributed by atoms with Crippen molar-refractivity contribution >= 4 is 12.4 Å². The Morgan fingerprint density at radius 2 is 2.17 bits per heavy atom. The number of hydrogen-bond acceptors (Lipinski definition) is 4. The van der Waals surface area contributed by atoms with E-state index in [0.29, 0.717) is 12.0 Å². The van der Waals surface area contributed by atoms with Crippen molar-refractivity contribution in [2.75, 3.05) is 0 Å². The SMILES string of the molecule is Cc1cccnc1C(C=O)NC(=O)OC(C)(C)C. The number of hydrogen-bond donors (Lipinski definition) is 1. The highest BCUT2D eigenvalue weighted by molar-refractivity contribution is 5.74. The topological polar surface area (TPSA) is 68.3 Å². The zero-order valence-corrected chi connectivity index (χ0v) is 11.1. The summed E-state index contributed by atoms with van der Waals surface area (Å²) in [4.78, 5) is 26.7. The first-order chi connectivity index (χ1) is 8.33. The predicted octanol–water partition coefficient (Wildman–Crippen LogP) is 2.15. The molecular weight excluding hydrogens is 232 g/mol. The smallest absolute Gasteiger partial charge is 0.408 e. The molecule has 1 aromatic rings. The van der Waals surface area contributed by atoms with Gasteiger partial charge in [-0.1, -0.05) is 6.07 Å². The summed E-state index contributed by atoms with van der Waals surface area (Å²) in [5.41, 5.74) is 0.764. The van der Waals surface area contributed by atoms with Crippen LogP contribution in [-0.4, -0.2) is 23.0 Å². The minimum Gasteiger partial charge on any atom is -0.444 e. The van der Waals surface area contributed by atoms with Crippen molar-refractivity contribution in [1.82, 2.24) is 10.3 Å². The highest BCUT2D eigenvalue weighted by Crippen LogP contribution is 2.14. The van der Waals surface area contributed by atoms with Crippen molar-refractivity contribution in [2.24, 2.45) is 0 Å². The molecule has 5 nitrogen and oxygen atoms in total. The summed E-state index contributed by atoms with van der Waals surface area (Å²) in [5.74, 6) is 0. The van der Waals surface area contributed by atoms with Gasteiger partial charge < -0.3 is 14.8 Å². The first-order valence-electron chi connectivity index (χ1n) is 5.70. The molecule has 1 heterocycles. The second kappa shape index (κ2) is 5.62. The average molecular weight is 250 g/mol. The number of aromatic nitrogens is 1. The van der Waals surface area contributed by atoms with Gasteiger partial charge in [-0.05, 0) is 39.3 Å². The van der Waals surface area contributed by atoms with Crippen molar-refractivity contribution in [3.05, 3.63) is 29.6 Å². The highest BCUT2D eigenvalue weighted by Gasteiger charge is 2.21. The van der Waals surface area contributed by atoms with Crippen LogP contribution in [0.1, 0.15) is 38.1 Å². The highest BCUT2D eigenvalue weighted by atomic mass is 16.6. The molecule has 0 saturated heterocycles. The molecule has 0 aliphatic carbocycles. The van der Waals surface area contributed by atoms with E-state index in [0.717, 1.165) is 5.56 Å². The van der Waals surface area contributed by atoms with Gasteiger partial charge in [0.05, 0.1) is 5.69 Å². The number of alkyl carbamates (subject to hydrolysis) is 1. The van der Waals surface area contributed by atoms with Crippen molar-refractivity contribution in [2.45, 2.75) is 39.3 Å². The number of rotatable bonds is 3. The summed E-state index contributed by atoms with van der Waals surface area (Å²) in [7, 11) is 0. The van der Waals surface area contributed by atoms with E-state index in [9.17, 15) is 9.59 Å². The fraction of sp³-hybridized carbons (Fsp3) is 0.462. The fourth-order valence-electron chi connectivity index (χ4n) is 1.42. The fourth-order valence-corrected chi connectivity index (χ4v) is 1.42. The van der Waals surface area contributed by atoms with E-state index in [4.69, 9.17) is 4.74 Å². The number of ether oxygens (including phenoxy) is 1. The number of amides is 1. The molecular formula is C13H18N2O3. The van der Waals surface area contributed by atoms with Gasteiger partial charge in [-0.2, -0.15) is 0 Å². The lowest BCUT2D eigenvalue weighted by atomic mass is 10.1. The van der Waals surface area contributed by atoms with Gasteiger partial charge in [0.25, 0.3) is 0 Å². The molecule has 1 atom stereocenters. The minimum absolute atomic E-state index is 0.526. The lowest BCUT2D eigenvalue weighted by Crippen LogP contribution is -2.36. The van der Waals surface area contributed by atoms with Gasteiger partial charge in [-0.25, -0.2) is 4.79 Å². The summed E-state index contributed by atoms with van der Waals surface area (Å²) in [6, 6.07) is 2.81. The second-order valence-electron chi connectivity index (χ2n) is 4.97. The second-order valence-corrected chi connectivity index (χ2v) is 4.97. The van der Waals surface area contributed by atoms with Crippen LogP contribution < -0.4 is 5.32 Å². The molecule has 0 fully saturated rings. The van der Waals surface area contributed by atoms with Gasteiger partial charge in [0.2, 0.25) is 0 Å². The molecule has 0 saturated carbocycles. The van der Waals surface area contributed by atoms with E-state index < -0.39 is 17.7 Å².